The zero-order chi connectivity index (χ0) is 16.9. The summed E-state index contributed by atoms with van der Waals surface area (Å²) in [5.74, 6) is -0.147. The first kappa shape index (κ1) is 15.9. The molecule has 7 nitrogen and oxygen atoms in total. The molecular weight excluding hydrogens is 304 g/mol. The van der Waals surface area contributed by atoms with Crippen molar-refractivity contribution in [3.05, 3.63) is 66.0 Å². The second-order valence-corrected chi connectivity index (χ2v) is 5.54. The molecule has 0 aliphatic rings. The van der Waals surface area contributed by atoms with Crippen LogP contribution in [0.1, 0.15) is 34.7 Å². The van der Waals surface area contributed by atoms with E-state index in [0.717, 1.165) is 11.3 Å². The van der Waals surface area contributed by atoms with Crippen LogP contribution >= 0.6 is 0 Å². The van der Waals surface area contributed by atoms with Gasteiger partial charge in [0.05, 0.1) is 18.3 Å². The van der Waals surface area contributed by atoms with Gasteiger partial charge in [0, 0.05) is 6.54 Å². The third kappa shape index (κ3) is 3.51. The molecule has 3 aromatic rings. The van der Waals surface area contributed by atoms with Crippen LogP contribution < -0.4 is 5.32 Å². The Morgan fingerprint density at radius 3 is 2.75 bits per heavy atom. The number of aryl methyl sites for hydroxylation is 2. The van der Waals surface area contributed by atoms with Crippen LogP contribution in [0.25, 0.3) is 0 Å². The van der Waals surface area contributed by atoms with Gasteiger partial charge in [0.2, 0.25) is 0 Å². The molecule has 0 unspecified atom stereocenters. The number of carbonyl (C=O) groups excluding carboxylic acids is 1. The molecule has 1 atom stereocenters. The molecule has 0 aliphatic heterocycles. The minimum atomic E-state index is -0.207. The van der Waals surface area contributed by atoms with E-state index in [4.69, 9.17) is 0 Å². The van der Waals surface area contributed by atoms with E-state index in [0.29, 0.717) is 18.8 Å². The smallest absolute Gasteiger partial charge is 0.270 e. The summed E-state index contributed by atoms with van der Waals surface area (Å²) < 4.78 is 3.42. The molecule has 124 valence electrons. The molecule has 2 aromatic heterocycles. The van der Waals surface area contributed by atoms with Crippen molar-refractivity contribution in [3.8, 4) is 0 Å². The third-order valence-electron chi connectivity index (χ3n) is 3.78. The van der Waals surface area contributed by atoms with Gasteiger partial charge >= 0.3 is 0 Å². The molecule has 0 radical (unpaired) electrons. The monoisotopic (exact) mass is 324 g/mol. The Hall–Kier alpha value is -2.96. The molecule has 0 saturated heterocycles. The van der Waals surface area contributed by atoms with Crippen molar-refractivity contribution in [2.75, 3.05) is 0 Å². The van der Waals surface area contributed by atoms with E-state index < -0.39 is 0 Å². The molecule has 1 amide bonds. The topological polar surface area (TPSA) is 77.6 Å². The van der Waals surface area contributed by atoms with Gasteiger partial charge in [-0.2, -0.15) is 10.2 Å². The number of amides is 1. The predicted molar refractivity (Wildman–Crippen MR) is 89.3 cm³/mol. The first-order chi connectivity index (χ1) is 11.7. The fourth-order valence-corrected chi connectivity index (χ4v) is 2.64. The molecule has 1 aromatic carbocycles. The highest BCUT2D eigenvalue weighted by atomic mass is 16.2. The number of hydrogen-bond acceptors (Lipinski definition) is 4. The van der Waals surface area contributed by atoms with Gasteiger partial charge in [0.25, 0.3) is 5.91 Å². The van der Waals surface area contributed by atoms with E-state index in [9.17, 15) is 4.79 Å². The second kappa shape index (κ2) is 7.08. The molecule has 0 spiro atoms. The molecule has 0 fully saturated rings. The van der Waals surface area contributed by atoms with E-state index in [1.165, 1.54) is 6.33 Å². The normalized spacial score (nSPS) is 12.1. The summed E-state index contributed by atoms with van der Waals surface area (Å²) in [6.07, 6.45) is 3.13. The maximum Gasteiger partial charge on any atom is 0.270 e. The molecule has 24 heavy (non-hydrogen) atoms. The van der Waals surface area contributed by atoms with Crippen LogP contribution in [0, 0.1) is 6.92 Å². The lowest BCUT2D eigenvalue weighted by Crippen LogP contribution is -2.33. The van der Waals surface area contributed by atoms with Crippen LogP contribution in [-0.4, -0.2) is 30.5 Å². The van der Waals surface area contributed by atoms with Gasteiger partial charge in [-0.15, -0.1) is 0 Å². The highest BCUT2D eigenvalue weighted by Gasteiger charge is 2.19. The summed E-state index contributed by atoms with van der Waals surface area (Å²) in [4.78, 5) is 16.7. The lowest BCUT2D eigenvalue weighted by Gasteiger charge is -2.19. The van der Waals surface area contributed by atoms with Crippen LogP contribution in [0.5, 0.6) is 0 Å². The predicted octanol–water partition coefficient (Wildman–Crippen LogP) is 1.97. The quantitative estimate of drug-likeness (QED) is 0.752. The first-order valence-electron chi connectivity index (χ1n) is 7.90. The van der Waals surface area contributed by atoms with Crippen LogP contribution in [-0.2, 0) is 13.1 Å². The largest absolute Gasteiger partial charge is 0.342 e. The standard InChI is InChI=1S/C17H20N6O/c1-3-23-16(9-13(2)21-23)17(24)20-15(10-22-12-18-11-19-22)14-7-5-4-6-8-14/h4-9,11-12,15H,3,10H2,1-2H3,(H,20,24)/t15-/m0/s1. The Morgan fingerprint density at radius 2 is 2.08 bits per heavy atom. The Morgan fingerprint density at radius 1 is 1.29 bits per heavy atom. The first-order valence-corrected chi connectivity index (χ1v) is 7.90. The van der Waals surface area contributed by atoms with Crippen molar-refractivity contribution in [2.24, 2.45) is 0 Å². The van der Waals surface area contributed by atoms with Gasteiger partial charge in [-0.25, -0.2) is 4.98 Å². The number of aromatic nitrogens is 5. The van der Waals surface area contributed by atoms with Gasteiger partial charge in [-0.1, -0.05) is 30.3 Å². The molecule has 2 heterocycles. The van der Waals surface area contributed by atoms with Gasteiger partial charge < -0.3 is 5.32 Å². The molecule has 1 N–H and O–H groups in total. The van der Waals surface area contributed by atoms with Crippen LogP contribution in [0.15, 0.2) is 49.1 Å². The highest BCUT2D eigenvalue weighted by molar-refractivity contribution is 5.93. The van der Waals surface area contributed by atoms with Crippen LogP contribution in [0.2, 0.25) is 0 Å². The summed E-state index contributed by atoms with van der Waals surface area (Å²) in [7, 11) is 0. The number of nitrogens with zero attached hydrogens (tertiary/aromatic N) is 5. The van der Waals surface area contributed by atoms with E-state index in [2.05, 4.69) is 20.5 Å². The summed E-state index contributed by atoms with van der Waals surface area (Å²) in [5.41, 5.74) is 2.41. The Kier molecular flexibility index (Phi) is 4.69. The maximum atomic E-state index is 12.7. The van der Waals surface area contributed by atoms with E-state index in [-0.39, 0.29) is 11.9 Å². The molecule has 0 saturated carbocycles. The number of benzene rings is 1. The van der Waals surface area contributed by atoms with E-state index >= 15 is 0 Å². The molecule has 3 rings (SSSR count). The fraction of sp³-hybridized carbons (Fsp3) is 0.294. The number of rotatable bonds is 6. The Bertz CT molecular complexity index is 794. The zero-order valence-corrected chi connectivity index (χ0v) is 13.8. The number of nitrogens with one attached hydrogen (secondary N) is 1. The van der Waals surface area contributed by atoms with Gasteiger partial charge in [-0.05, 0) is 25.5 Å². The van der Waals surface area contributed by atoms with E-state index in [1.807, 2.05) is 44.2 Å². The second-order valence-electron chi connectivity index (χ2n) is 5.54. The molecule has 0 bridgehead atoms. The lowest BCUT2D eigenvalue weighted by atomic mass is 10.1. The molecule has 0 aliphatic carbocycles. The number of carbonyl (C=O) groups is 1. The minimum Gasteiger partial charge on any atom is -0.342 e. The SMILES string of the molecule is CCn1nc(C)cc1C(=O)N[C@@H](Cn1cncn1)c1ccccc1. The summed E-state index contributed by atoms with van der Waals surface area (Å²) >= 11 is 0. The summed E-state index contributed by atoms with van der Waals surface area (Å²) in [5, 5.41) is 11.6. The maximum absolute atomic E-state index is 12.7. The Labute approximate surface area is 140 Å². The van der Waals surface area contributed by atoms with Gasteiger partial charge in [0.1, 0.15) is 18.3 Å². The van der Waals surface area contributed by atoms with Crippen molar-refractivity contribution >= 4 is 5.91 Å². The highest BCUT2D eigenvalue weighted by Crippen LogP contribution is 2.16. The summed E-state index contributed by atoms with van der Waals surface area (Å²) in [6, 6.07) is 11.4. The van der Waals surface area contributed by atoms with Crippen molar-refractivity contribution in [2.45, 2.75) is 33.0 Å². The van der Waals surface area contributed by atoms with E-state index in [1.54, 1.807) is 21.8 Å². The van der Waals surface area contributed by atoms with Gasteiger partial charge in [-0.3, -0.25) is 14.2 Å². The summed E-state index contributed by atoms with van der Waals surface area (Å²) in [6.45, 7) is 5.00. The number of hydrogen-bond donors (Lipinski definition) is 1. The average molecular weight is 324 g/mol. The molecular formula is C17H20N6O. The van der Waals surface area contributed by atoms with Crippen molar-refractivity contribution in [1.29, 1.82) is 0 Å². The lowest BCUT2D eigenvalue weighted by molar-refractivity contribution is 0.0921. The average Bonchev–Trinajstić information content (AvgIpc) is 3.24. The van der Waals surface area contributed by atoms with Crippen molar-refractivity contribution in [3.63, 3.8) is 0 Å². The minimum absolute atomic E-state index is 0.147. The zero-order valence-electron chi connectivity index (χ0n) is 13.8. The fourth-order valence-electron chi connectivity index (χ4n) is 2.64. The van der Waals surface area contributed by atoms with Crippen LogP contribution in [0.4, 0.5) is 0 Å². The third-order valence-corrected chi connectivity index (χ3v) is 3.78. The Balaban J connectivity index is 1.84. The van der Waals surface area contributed by atoms with Crippen LogP contribution in [0.3, 0.4) is 0 Å². The van der Waals surface area contributed by atoms with Gasteiger partial charge in [0.15, 0.2) is 0 Å². The van der Waals surface area contributed by atoms with Crippen molar-refractivity contribution < 1.29 is 4.79 Å². The van der Waals surface area contributed by atoms with Crippen molar-refractivity contribution in [1.82, 2.24) is 29.9 Å². The molecule has 7 heteroatoms.